The van der Waals surface area contributed by atoms with Gasteiger partial charge in [0.15, 0.2) is 0 Å². The number of aromatic amines is 1. The van der Waals surface area contributed by atoms with Gasteiger partial charge in [-0.2, -0.15) is 5.10 Å². The molecule has 18 nitrogen and oxygen atoms in total. The molecule has 0 spiro atoms. The van der Waals surface area contributed by atoms with Gasteiger partial charge in [-0.15, -0.1) is 0 Å². The molecule has 82 heavy (non-hydrogen) atoms. The van der Waals surface area contributed by atoms with E-state index in [2.05, 4.69) is 20.4 Å². The number of benzene rings is 3. The molecule has 3 aromatic carbocycles. The van der Waals surface area contributed by atoms with Crippen LogP contribution in [0.3, 0.4) is 0 Å². The van der Waals surface area contributed by atoms with Crippen molar-refractivity contribution < 1.29 is 47.0 Å². The molecule has 6 fully saturated rings. The van der Waals surface area contributed by atoms with E-state index in [0.29, 0.717) is 106 Å². The SMILES string of the molecule is CC(C)(C)OC(=O)N(CC(=O)N1CCC(c2ccc(C(=O)N[C@@H](C(=O)N3CCC(OC4CCN(CC(=O)N5CCN(C(=O)c6cc(Cc7n[nH]c(=O)c8ccccc78)ccc6F)CC5)CC4)CC3)C3CCCCC3)c(F)c2)CC1)C1CC1. The van der Waals surface area contributed by atoms with Crippen molar-refractivity contribution in [1.29, 1.82) is 0 Å². The molecule has 2 saturated carbocycles. The third-order valence-corrected chi connectivity index (χ3v) is 17.5. The van der Waals surface area contributed by atoms with E-state index in [4.69, 9.17) is 9.47 Å². The lowest BCUT2D eigenvalue weighted by molar-refractivity contribution is -0.140. The lowest BCUT2D eigenvalue weighted by atomic mass is 9.83. The van der Waals surface area contributed by atoms with Crippen LogP contribution in [0.5, 0.6) is 0 Å². The van der Waals surface area contributed by atoms with Gasteiger partial charge in [-0.05, 0) is 138 Å². The molecule has 0 unspecified atom stereocenters. The van der Waals surface area contributed by atoms with Crippen molar-refractivity contribution >= 4 is 46.4 Å². The van der Waals surface area contributed by atoms with Crippen LogP contribution in [-0.4, -0.2) is 184 Å². The zero-order valence-electron chi connectivity index (χ0n) is 47.7. The lowest BCUT2D eigenvalue weighted by Gasteiger charge is -2.40. The van der Waals surface area contributed by atoms with Gasteiger partial charge in [0.2, 0.25) is 17.7 Å². The second-order valence-corrected chi connectivity index (χ2v) is 24.4. The van der Waals surface area contributed by atoms with Crippen LogP contribution >= 0.6 is 0 Å². The molecule has 1 aromatic heterocycles. The maximum atomic E-state index is 16.0. The van der Waals surface area contributed by atoms with Crippen molar-refractivity contribution in [3.05, 3.63) is 111 Å². The second kappa shape index (κ2) is 25.8. The number of fused-ring (bicyclic) bond motifs is 1. The Kier molecular flexibility index (Phi) is 18.4. The normalized spacial score (nSPS) is 19.7. The number of hydrogen-bond donors (Lipinski definition) is 2. The molecule has 2 N–H and O–H groups in total. The number of likely N-dealkylation sites (tertiary alicyclic amines) is 3. The van der Waals surface area contributed by atoms with Gasteiger partial charge in [-0.25, -0.2) is 18.7 Å². The number of halogens is 2. The first-order chi connectivity index (χ1) is 39.4. The van der Waals surface area contributed by atoms with Crippen LogP contribution in [0.2, 0.25) is 0 Å². The number of H-pyrrole nitrogens is 1. The molecule has 4 aromatic rings. The average Bonchev–Trinajstić information content (AvgIpc) is 4.40. The van der Waals surface area contributed by atoms with Gasteiger partial charge in [0.25, 0.3) is 17.4 Å². The van der Waals surface area contributed by atoms with E-state index < -0.39 is 41.2 Å². The highest BCUT2D eigenvalue weighted by atomic mass is 19.1. The van der Waals surface area contributed by atoms with Crippen LogP contribution in [-0.2, 0) is 30.3 Å². The van der Waals surface area contributed by atoms with Gasteiger partial charge >= 0.3 is 6.09 Å². The Morgan fingerprint density at radius 3 is 1.98 bits per heavy atom. The molecule has 0 radical (unpaired) electrons. The van der Waals surface area contributed by atoms with Gasteiger partial charge in [-0.1, -0.05) is 49.6 Å². The smallest absolute Gasteiger partial charge is 0.411 e. The van der Waals surface area contributed by atoms with Crippen molar-refractivity contribution in [2.75, 3.05) is 78.5 Å². The number of nitrogens with one attached hydrogen (secondary N) is 2. The van der Waals surface area contributed by atoms with Gasteiger partial charge in [0.1, 0.15) is 29.8 Å². The van der Waals surface area contributed by atoms with Crippen molar-refractivity contribution in [1.82, 2.24) is 44.9 Å². The van der Waals surface area contributed by atoms with Crippen molar-refractivity contribution in [2.45, 2.75) is 146 Å². The Morgan fingerprint density at radius 2 is 1.32 bits per heavy atom. The number of carbonyl (C=O) groups excluding carboxylic acids is 6. The summed E-state index contributed by atoms with van der Waals surface area (Å²) in [5.41, 5.74) is 0.936. The summed E-state index contributed by atoms with van der Waals surface area (Å²) in [6.45, 7) is 10.2. The van der Waals surface area contributed by atoms with Crippen LogP contribution in [0.15, 0.2) is 65.5 Å². The largest absolute Gasteiger partial charge is 0.444 e. The Bertz CT molecular complexity index is 3040. The standard InChI is InChI=1S/C62H79F2N9O9/c1-62(2,3)82-61(80)73(44-15-16-44)39-55(75)69-27-19-41(20-28-69)43-14-17-49(52(64)37-43)57(76)65-56(42-9-5-4-6-10-42)60(79)71-29-23-46(24-30-71)81-45-21-25-68(26-22-45)38-54(74)70-31-33-72(34-32-70)59(78)50-35-40(13-18-51(50)63)36-53-47-11-7-8-12-48(47)58(77)67-66-53/h7-8,11-14,17-18,35,37,41-42,44-46,56H,4-6,9-10,15-16,19-34,36,38-39H2,1-3H3,(H,65,76)(H,67,77)/t56-/m1/s1. The first-order valence-corrected chi connectivity index (χ1v) is 29.8. The third-order valence-electron chi connectivity index (χ3n) is 17.5. The monoisotopic (exact) mass is 1130 g/mol. The van der Waals surface area contributed by atoms with E-state index in [1.165, 1.54) is 18.2 Å². The number of aromatic nitrogens is 2. The van der Waals surface area contributed by atoms with E-state index in [0.717, 1.165) is 63.4 Å². The van der Waals surface area contributed by atoms with E-state index >= 15 is 8.78 Å². The number of piperidine rings is 3. The van der Waals surface area contributed by atoms with Crippen LogP contribution in [0.4, 0.5) is 13.6 Å². The molecule has 6 amide bonds. The highest BCUT2D eigenvalue weighted by Gasteiger charge is 2.40. The topological polar surface area (TPSA) is 198 Å². The minimum Gasteiger partial charge on any atom is -0.444 e. The fraction of sp³-hybridized carbons (Fsp3) is 0.581. The minimum absolute atomic E-state index is 0.00869. The molecule has 10 rings (SSSR count). The Morgan fingerprint density at radius 1 is 0.683 bits per heavy atom. The molecule has 6 aliphatic rings. The molecule has 1 atom stereocenters. The fourth-order valence-electron chi connectivity index (χ4n) is 12.6. The van der Waals surface area contributed by atoms with E-state index in [9.17, 15) is 33.6 Å². The minimum atomic E-state index is -0.773. The molecule has 0 bridgehead atoms. The molecular weight excluding hydrogens is 1050 g/mol. The summed E-state index contributed by atoms with van der Waals surface area (Å²) in [6.07, 6.45) is 10.2. The summed E-state index contributed by atoms with van der Waals surface area (Å²) in [5, 5.41) is 10.9. The zero-order valence-corrected chi connectivity index (χ0v) is 47.7. The summed E-state index contributed by atoms with van der Waals surface area (Å²) in [6, 6.07) is 15.5. The van der Waals surface area contributed by atoms with Gasteiger partial charge in [-0.3, -0.25) is 38.6 Å². The molecule has 4 aliphatic heterocycles. The molecule has 4 saturated heterocycles. The van der Waals surface area contributed by atoms with E-state index in [1.807, 2.05) is 17.0 Å². The predicted octanol–water partition coefficient (Wildman–Crippen LogP) is 7.03. The summed E-state index contributed by atoms with van der Waals surface area (Å²) in [7, 11) is 0. The van der Waals surface area contributed by atoms with Gasteiger partial charge in [0, 0.05) is 83.3 Å². The number of carbonyl (C=O) groups is 6. The van der Waals surface area contributed by atoms with Crippen LogP contribution in [0, 0.1) is 17.6 Å². The maximum absolute atomic E-state index is 16.0. The van der Waals surface area contributed by atoms with Crippen LogP contribution < -0.4 is 10.9 Å². The Hall–Kier alpha value is -6.80. The third kappa shape index (κ3) is 14.3. The number of piperazine rings is 1. The first kappa shape index (κ1) is 58.4. The first-order valence-electron chi connectivity index (χ1n) is 29.8. The van der Waals surface area contributed by atoms with Crippen molar-refractivity contribution in [3.63, 3.8) is 0 Å². The molecule has 20 heteroatoms. The summed E-state index contributed by atoms with van der Waals surface area (Å²) in [4.78, 5) is 105. The van der Waals surface area contributed by atoms with Crippen LogP contribution in [0.25, 0.3) is 10.8 Å². The maximum Gasteiger partial charge on any atom is 0.411 e. The highest BCUT2D eigenvalue weighted by molar-refractivity contribution is 5.98. The van der Waals surface area contributed by atoms with E-state index in [-0.39, 0.29) is 90.7 Å². The summed E-state index contributed by atoms with van der Waals surface area (Å²) in [5.74, 6) is -2.66. The van der Waals surface area contributed by atoms with Gasteiger partial charge in [0.05, 0.1) is 41.0 Å². The molecular formula is C62H79F2N9O9. The number of ether oxygens (including phenoxy) is 2. The Balaban J connectivity index is 0.645. The lowest BCUT2D eigenvalue weighted by Crippen LogP contribution is -2.55. The number of rotatable bonds is 15. The number of amides is 6. The summed E-state index contributed by atoms with van der Waals surface area (Å²) < 4.78 is 43.3. The van der Waals surface area contributed by atoms with E-state index in [1.54, 1.807) is 70.7 Å². The molecule has 5 heterocycles. The summed E-state index contributed by atoms with van der Waals surface area (Å²) >= 11 is 0. The highest BCUT2D eigenvalue weighted by Crippen LogP contribution is 2.33. The quantitative estimate of drug-likeness (QED) is 0.124. The van der Waals surface area contributed by atoms with Crippen LogP contribution in [0.1, 0.15) is 148 Å². The fourth-order valence-corrected chi connectivity index (χ4v) is 12.6. The van der Waals surface area contributed by atoms with Crippen molar-refractivity contribution in [3.8, 4) is 0 Å². The zero-order chi connectivity index (χ0) is 57.7. The molecule has 2 aliphatic carbocycles. The average molecular weight is 1130 g/mol. The Labute approximate surface area is 478 Å². The van der Waals surface area contributed by atoms with Crippen molar-refractivity contribution in [2.24, 2.45) is 5.92 Å². The number of nitrogens with zero attached hydrogens (tertiary/aromatic N) is 7. The van der Waals surface area contributed by atoms with Gasteiger partial charge < -0.3 is 34.4 Å². The predicted molar refractivity (Wildman–Crippen MR) is 303 cm³/mol. The second-order valence-electron chi connectivity index (χ2n) is 24.4. The number of hydrogen-bond acceptors (Lipinski definition) is 11. The molecule has 440 valence electrons.